The molecule has 0 atom stereocenters. The third kappa shape index (κ3) is 3.09. The maximum atomic E-state index is 8.96. The number of hydrogen-bond acceptors (Lipinski definition) is 4. The second kappa shape index (κ2) is 6.57. The normalized spacial score (nSPS) is 21.1. The van der Waals surface area contributed by atoms with E-state index in [0.29, 0.717) is 5.92 Å². The highest BCUT2D eigenvalue weighted by molar-refractivity contribution is 5.62. The van der Waals surface area contributed by atoms with Gasteiger partial charge in [-0.3, -0.25) is 0 Å². The summed E-state index contributed by atoms with van der Waals surface area (Å²) in [5.41, 5.74) is 2.10. The van der Waals surface area contributed by atoms with Gasteiger partial charge in [0.05, 0.1) is 13.2 Å². The molecular weight excluding hydrogens is 274 g/mol. The van der Waals surface area contributed by atoms with Gasteiger partial charge in [-0.25, -0.2) is 9.97 Å². The molecule has 3 rings (SSSR count). The topological polar surface area (TPSA) is 58.8 Å². The van der Waals surface area contributed by atoms with Gasteiger partial charge >= 0.3 is 0 Å². The van der Waals surface area contributed by atoms with E-state index in [9.17, 15) is 0 Å². The lowest BCUT2D eigenvalue weighted by molar-refractivity contribution is 0.372. The fourth-order valence-electron chi connectivity index (χ4n) is 2.96. The third-order valence-corrected chi connectivity index (χ3v) is 4.37. The molecule has 1 saturated carbocycles. The Bertz CT molecular complexity index is 650. The van der Waals surface area contributed by atoms with Crippen LogP contribution in [0.1, 0.15) is 37.4 Å². The van der Waals surface area contributed by atoms with E-state index in [-0.39, 0.29) is 5.92 Å². The van der Waals surface area contributed by atoms with Gasteiger partial charge in [-0.15, -0.1) is 0 Å². The molecule has 0 saturated heterocycles. The molecule has 1 aromatic heterocycles. The van der Waals surface area contributed by atoms with Crippen LogP contribution >= 0.6 is 0 Å². The molecule has 0 amide bonds. The van der Waals surface area contributed by atoms with Gasteiger partial charge < -0.3 is 4.74 Å². The first kappa shape index (κ1) is 14.5. The number of nitrogens with zero attached hydrogens (tertiary/aromatic N) is 3. The molecule has 0 bridgehead atoms. The van der Waals surface area contributed by atoms with Gasteiger partial charge in [0, 0.05) is 29.8 Å². The van der Waals surface area contributed by atoms with Gasteiger partial charge in [0.15, 0.2) is 0 Å². The van der Waals surface area contributed by atoms with Crippen LogP contribution in [0.15, 0.2) is 36.7 Å². The van der Waals surface area contributed by atoms with E-state index in [1.54, 1.807) is 7.11 Å². The van der Waals surface area contributed by atoms with E-state index in [2.05, 4.69) is 16.0 Å². The summed E-state index contributed by atoms with van der Waals surface area (Å²) in [6.07, 6.45) is 7.73. The number of nitriles is 1. The summed E-state index contributed by atoms with van der Waals surface area (Å²) >= 11 is 0. The molecule has 1 heterocycles. The largest absolute Gasteiger partial charge is 0.497 e. The van der Waals surface area contributed by atoms with Gasteiger partial charge in [-0.05, 0) is 43.4 Å². The van der Waals surface area contributed by atoms with Crippen LogP contribution in [0.2, 0.25) is 0 Å². The van der Waals surface area contributed by atoms with Crippen molar-refractivity contribution in [2.24, 2.45) is 5.92 Å². The first-order valence-electron chi connectivity index (χ1n) is 7.66. The van der Waals surface area contributed by atoms with E-state index >= 15 is 0 Å². The molecule has 22 heavy (non-hydrogen) atoms. The van der Waals surface area contributed by atoms with E-state index in [0.717, 1.165) is 48.4 Å². The molecule has 0 spiro atoms. The Balaban J connectivity index is 1.71. The molecule has 4 nitrogen and oxygen atoms in total. The fourth-order valence-corrected chi connectivity index (χ4v) is 2.96. The summed E-state index contributed by atoms with van der Waals surface area (Å²) in [6, 6.07) is 10.3. The lowest BCUT2D eigenvalue weighted by atomic mass is 9.82. The Morgan fingerprint density at radius 2 is 1.64 bits per heavy atom. The summed E-state index contributed by atoms with van der Waals surface area (Å²) < 4.78 is 5.17. The minimum atomic E-state index is 0.217. The zero-order valence-corrected chi connectivity index (χ0v) is 12.7. The first-order chi connectivity index (χ1) is 10.8. The Morgan fingerprint density at radius 1 is 1.00 bits per heavy atom. The molecule has 2 aromatic rings. The van der Waals surface area contributed by atoms with Crippen LogP contribution in [0, 0.1) is 17.2 Å². The summed E-state index contributed by atoms with van der Waals surface area (Å²) in [5.74, 6) is 2.37. The van der Waals surface area contributed by atoms with E-state index in [1.165, 1.54) is 0 Å². The van der Waals surface area contributed by atoms with E-state index in [1.807, 2.05) is 36.7 Å². The molecule has 0 radical (unpaired) electrons. The minimum Gasteiger partial charge on any atom is -0.497 e. The summed E-state index contributed by atoms with van der Waals surface area (Å²) in [6.45, 7) is 0. The number of rotatable bonds is 3. The SMILES string of the molecule is COc1ccc(-c2cnc(C3CCC(C#N)CC3)nc2)cc1. The molecule has 112 valence electrons. The molecule has 0 aliphatic heterocycles. The van der Waals surface area contributed by atoms with Crippen LogP contribution in [0.4, 0.5) is 0 Å². The summed E-state index contributed by atoms with van der Waals surface area (Å²) in [4.78, 5) is 9.09. The summed E-state index contributed by atoms with van der Waals surface area (Å²) in [5, 5.41) is 8.96. The molecule has 1 aromatic carbocycles. The monoisotopic (exact) mass is 293 g/mol. The lowest BCUT2D eigenvalue weighted by Gasteiger charge is -2.23. The van der Waals surface area contributed by atoms with Crippen LogP contribution in [0.25, 0.3) is 11.1 Å². The third-order valence-electron chi connectivity index (χ3n) is 4.37. The van der Waals surface area contributed by atoms with Crippen LogP contribution < -0.4 is 4.74 Å². The second-order valence-corrected chi connectivity index (χ2v) is 5.74. The van der Waals surface area contributed by atoms with Crippen LogP contribution in [-0.2, 0) is 0 Å². The van der Waals surface area contributed by atoms with Gasteiger partial charge in [-0.1, -0.05) is 12.1 Å². The molecule has 0 N–H and O–H groups in total. The summed E-state index contributed by atoms with van der Waals surface area (Å²) in [7, 11) is 1.66. The van der Waals surface area contributed by atoms with E-state index in [4.69, 9.17) is 10.00 Å². The molecule has 4 heteroatoms. The second-order valence-electron chi connectivity index (χ2n) is 5.74. The number of aromatic nitrogens is 2. The molecular formula is C18H19N3O. The van der Waals surface area contributed by atoms with Gasteiger partial charge in [0.1, 0.15) is 11.6 Å². The molecule has 0 unspecified atom stereocenters. The zero-order valence-electron chi connectivity index (χ0n) is 12.7. The molecule has 1 aliphatic rings. The van der Waals surface area contributed by atoms with Crippen molar-refractivity contribution >= 4 is 0 Å². The van der Waals surface area contributed by atoms with Crippen molar-refractivity contribution in [2.45, 2.75) is 31.6 Å². The highest BCUT2D eigenvalue weighted by Gasteiger charge is 2.23. The molecule has 1 fully saturated rings. The predicted octanol–water partition coefficient (Wildman–Crippen LogP) is 3.95. The Labute approximate surface area is 130 Å². The maximum absolute atomic E-state index is 8.96. The molecule has 1 aliphatic carbocycles. The predicted molar refractivity (Wildman–Crippen MR) is 84.3 cm³/mol. The van der Waals surface area contributed by atoms with Crippen molar-refractivity contribution in [2.75, 3.05) is 7.11 Å². The van der Waals surface area contributed by atoms with Gasteiger partial charge in [0.2, 0.25) is 0 Å². The average Bonchev–Trinajstić information content (AvgIpc) is 2.62. The quantitative estimate of drug-likeness (QED) is 0.859. The number of methoxy groups -OCH3 is 1. The van der Waals surface area contributed by atoms with Crippen molar-refractivity contribution in [3.8, 4) is 22.9 Å². The van der Waals surface area contributed by atoms with Crippen molar-refractivity contribution in [3.05, 3.63) is 42.5 Å². The van der Waals surface area contributed by atoms with Gasteiger partial charge in [-0.2, -0.15) is 5.26 Å². The van der Waals surface area contributed by atoms with Crippen molar-refractivity contribution in [3.63, 3.8) is 0 Å². The van der Waals surface area contributed by atoms with Crippen molar-refractivity contribution in [1.82, 2.24) is 9.97 Å². The van der Waals surface area contributed by atoms with Gasteiger partial charge in [0.25, 0.3) is 0 Å². The fraction of sp³-hybridized carbons (Fsp3) is 0.389. The highest BCUT2D eigenvalue weighted by atomic mass is 16.5. The maximum Gasteiger partial charge on any atom is 0.131 e. The average molecular weight is 293 g/mol. The smallest absolute Gasteiger partial charge is 0.131 e. The standard InChI is InChI=1S/C18H19N3O/c1-22-17-8-6-14(7-9-17)16-11-20-18(21-12-16)15-4-2-13(10-19)3-5-15/h6-9,11-13,15H,2-5H2,1H3. The van der Waals surface area contributed by atoms with Crippen LogP contribution in [0.3, 0.4) is 0 Å². The first-order valence-corrected chi connectivity index (χ1v) is 7.66. The Hall–Kier alpha value is -2.41. The van der Waals surface area contributed by atoms with E-state index < -0.39 is 0 Å². The van der Waals surface area contributed by atoms with Crippen LogP contribution in [-0.4, -0.2) is 17.1 Å². The van der Waals surface area contributed by atoms with Crippen molar-refractivity contribution < 1.29 is 4.74 Å². The Morgan fingerprint density at radius 3 is 2.18 bits per heavy atom. The van der Waals surface area contributed by atoms with Crippen molar-refractivity contribution in [1.29, 1.82) is 5.26 Å². The zero-order chi connectivity index (χ0) is 15.4. The van der Waals surface area contributed by atoms with Crippen LogP contribution in [0.5, 0.6) is 5.75 Å². The lowest BCUT2D eigenvalue weighted by Crippen LogP contribution is -2.14. The Kier molecular flexibility index (Phi) is 4.34. The minimum absolute atomic E-state index is 0.217. The highest BCUT2D eigenvalue weighted by Crippen LogP contribution is 2.34. The number of benzene rings is 1. The number of ether oxygens (including phenoxy) is 1. The number of hydrogen-bond donors (Lipinski definition) is 0.